The molecule has 40 heavy (non-hydrogen) atoms. The van der Waals surface area contributed by atoms with Gasteiger partial charge in [-0.25, -0.2) is 9.97 Å². The second-order valence-electron chi connectivity index (χ2n) is 10.0. The fourth-order valence-corrected chi connectivity index (χ4v) is 6.33. The molecule has 0 radical (unpaired) electrons. The van der Waals surface area contributed by atoms with E-state index < -0.39 is 0 Å². The van der Waals surface area contributed by atoms with E-state index in [1.54, 1.807) is 21.0 Å². The van der Waals surface area contributed by atoms with E-state index in [0.717, 1.165) is 43.4 Å². The van der Waals surface area contributed by atoms with Crippen molar-refractivity contribution in [2.24, 2.45) is 0 Å². The summed E-state index contributed by atoms with van der Waals surface area (Å²) in [4.78, 5) is 36.6. The van der Waals surface area contributed by atoms with E-state index in [2.05, 4.69) is 37.4 Å². The Hall–Kier alpha value is -5.62. The Labute approximate surface area is 226 Å². The maximum atomic E-state index is 13.8. The summed E-state index contributed by atoms with van der Waals surface area (Å²) in [7, 11) is 0. The Balaban J connectivity index is 1.54. The van der Waals surface area contributed by atoms with Crippen LogP contribution in [-0.4, -0.2) is 18.8 Å². The van der Waals surface area contributed by atoms with Crippen molar-refractivity contribution in [2.75, 3.05) is 0 Å². The number of nitrogens with zero attached hydrogens (tertiary/aromatic N) is 4. The van der Waals surface area contributed by atoms with Gasteiger partial charge in [0.25, 0.3) is 11.1 Å². The van der Waals surface area contributed by atoms with Crippen molar-refractivity contribution in [3.05, 3.63) is 117 Å². The lowest BCUT2D eigenvalue weighted by atomic mass is 9.90. The average molecular weight is 517 g/mol. The van der Waals surface area contributed by atoms with Crippen LogP contribution in [0.3, 0.4) is 0 Å². The normalized spacial score (nSPS) is 12.1. The zero-order valence-electron chi connectivity index (χ0n) is 21.4. The van der Waals surface area contributed by atoms with Crippen molar-refractivity contribution in [2.45, 2.75) is 0 Å². The van der Waals surface area contributed by atoms with Crippen LogP contribution in [0.25, 0.3) is 90.8 Å². The average Bonchev–Trinajstić information content (AvgIpc) is 3.51. The smallest absolute Gasteiger partial charge is 0.264 e. The molecule has 0 fully saturated rings. The molecule has 0 saturated carbocycles. The van der Waals surface area contributed by atoms with Gasteiger partial charge in [0.15, 0.2) is 0 Å². The fourth-order valence-electron chi connectivity index (χ4n) is 6.33. The monoisotopic (exact) mass is 516 g/mol. The SMILES string of the molecule is C=Cc1nc2c3cccc4c(-c5ccc6c7c5cccc7c(=O)n5c(=C)c(=C)nc65)ccc(c(=O)n2c1C=C)c43. The third kappa shape index (κ3) is 2.52. The molecule has 6 nitrogen and oxygen atoms in total. The molecule has 0 saturated heterocycles. The molecule has 4 aromatic carbocycles. The molecule has 0 unspecified atom stereocenters. The van der Waals surface area contributed by atoms with Gasteiger partial charge in [0, 0.05) is 32.3 Å². The standard InChI is InChI=1S/C34H20N4O2/c1-5-27-28(6-2)38-32(36-27)23-11-7-9-21-20(14-16-26(29(21)23)34(38)40)19-13-15-24-30-22(19)10-8-12-25(30)33(39)37-18(4)17(3)35-31(24)37/h5-16H,1-4H2. The number of aromatic nitrogens is 4. The quantitative estimate of drug-likeness (QED) is 0.333. The molecular formula is C34H20N4O2. The highest BCUT2D eigenvalue weighted by Gasteiger charge is 2.21. The molecule has 6 heteroatoms. The number of fused-ring (bicyclic) bond motifs is 4. The van der Waals surface area contributed by atoms with Gasteiger partial charge in [-0.3, -0.25) is 18.4 Å². The minimum Gasteiger partial charge on any atom is -0.268 e. The zero-order valence-corrected chi connectivity index (χ0v) is 21.4. The number of benzene rings is 4. The first-order valence-electron chi connectivity index (χ1n) is 12.8. The molecule has 0 amide bonds. The van der Waals surface area contributed by atoms with Gasteiger partial charge >= 0.3 is 0 Å². The zero-order chi connectivity index (χ0) is 27.4. The predicted octanol–water partition coefficient (Wildman–Crippen LogP) is 4.96. The van der Waals surface area contributed by atoms with Crippen molar-refractivity contribution < 1.29 is 0 Å². The van der Waals surface area contributed by atoms with E-state index >= 15 is 0 Å². The molecule has 0 aliphatic heterocycles. The van der Waals surface area contributed by atoms with Crippen molar-refractivity contribution in [1.82, 2.24) is 18.8 Å². The van der Waals surface area contributed by atoms with Crippen molar-refractivity contribution >= 4 is 79.7 Å². The maximum Gasteiger partial charge on any atom is 0.264 e. The summed E-state index contributed by atoms with van der Waals surface area (Å²) in [5.74, 6) is 0. The van der Waals surface area contributed by atoms with E-state index in [4.69, 9.17) is 4.98 Å². The minimum absolute atomic E-state index is 0.150. The minimum atomic E-state index is -0.164. The Morgan fingerprint density at radius 2 is 1.12 bits per heavy atom. The molecule has 4 aromatic heterocycles. The second kappa shape index (κ2) is 7.48. The molecule has 0 spiro atoms. The highest BCUT2D eigenvalue weighted by Crippen LogP contribution is 2.40. The molecule has 8 aromatic rings. The van der Waals surface area contributed by atoms with Gasteiger partial charge in [-0.05, 0) is 52.3 Å². The molecule has 8 rings (SSSR count). The van der Waals surface area contributed by atoms with Crippen molar-refractivity contribution in [1.29, 1.82) is 0 Å². The lowest BCUT2D eigenvalue weighted by molar-refractivity contribution is 1.10. The largest absolute Gasteiger partial charge is 0.268 e. The van der Waals surface area contributed by atoms with Crippen molar-refractivity contribution in [3.8, 4) is 11.1 Å². The highest BCUT2D eigenvalue weighted by atomic mass is 16.1. The first-order chi connectivity index (χ1) is 19.4. The van der Waals surface area contributed by atoms with E-state index in [1.165, 1.54) is 0 Å². The molecule has 0 aliphatic rings. The maximum absolute atomic E-state index is 13.8. The molecule has 0 aliphatic carbocycles. The molecule has 4 heterocycles. The predicted molar refractivity (Wildman–Crippen MR) is 165 cm³/mol. The van der Waals surface area contributed by atoms with E-state index in [0.29, 0.717) is 44.2 Å². The first-order valence-corrected chi connectivity index (χ1v) is 12.8. The van der Waals surface area contributed by atoms with Crippen LogP contribution in [0.4, 0.5) is 0 Å². The Bertz CT molecular complexity index is 2660. The number of hydrogen-bond donors (Lipinski definition) is 0. The van der Waals surface area contributed by atoms with Crippen LogP contribution < -0.4 is 21.8 Å². The summed E-state index contributed by atoms with van der Waals surface area (Å²) in [6.45, 7) is 15.7. The van der Waals surface area contributed by atoms with Crippen LogP contribution >= 0.6 is 0 Å². The van der Waals surface area contributed by atoms with Gasteiger partial charge in [-0.1, -0.05) is 68.8 Å². The molecule has 0 bridgehead atoms. The van der Waals surface area contributed by atoms with Crippen LogP contribution in [0.1, 0.15) is 11.4 Å². The van der Waals surface area contributed by atoms with Gasteiger partial charge in [0.2, 0.25) is 0 Å². The summed E-state index contributed by atoms with van der Waals surface area (Å²) < 4.78 is 3.16. The van der Waals surface area contributed by atoms with Crippen LogP contribution in [0.15, 0.2) is 83.4 Å². The third-order valence-electron chi connectivity index (χ3n) is 8.10. The topological polar surface area (TPSA) is 68.7 Å². The van der Waals surface area contributed by atoms with Crippen LogP contribution in [0.2, 0.25) is 0 Å². The third-order valence-corrected chi connectivity index (χ3v) is 8.10. The van der Waals surface area contributed by atoms with Gasteiger partial charge in [-0.2, -0.15) is 0 Å². The van der Waals surface area contributed by atoms with Crippen molar-refractivity contribution in [3.63, 3.8) is 0 Å². The van der Waals surface area contributed by atoms with Crippen LogP contribution in [0.5, 0.6) is 0 Å². The van der Waals surface area contributed by atoms with Gasteiger partial charge in [0.1, 0.15) is 11.3 Å². The number of rotatable bonds is 3. The number of hydrogen-bond acceptors (Lipinski definition) is 4. The summed E-state index contributed by atoms with van der Waals surface area (Å²) in [5, 5.41) is 7.48. The van der Waals surface area contributed by atoms with Gasteiger partial charge < -0.3 is 0 Å². The summed E-state index contributed by atoms with van der Waals surface area (Å²) >= 11 is 0. The Kier molecular flexibility index (Phi) is 4.19. The number of imidazole rings is 2. The summed E-state index contributed by atoms with van der Waals surface area (Å²) in [6, 6.07) is 19.7. The fraction of sp³-hybridized carbons (Fsp3) is 0. The van der Waals surface area contributed by atoms with E-state index in [1.807, 2.05) is 54.6 Å². The summed E-state index contributed by atoms with van der Waals surface area (Å²) in [5.41, 5.74) is 3.98. The van der Waals surface area contributed by atoms with Crippen LogP contribution in [-0.2, 0) is 0 Å². The lowest BCUT2D eigenvalue weighted by Gasteiger charge is -2.15. The van der Waals surface area contributed by atoms with Gasteiger partial charge in [-0.15, -0.1) is 0 Å². The number of pyridine rings is 2. The lowest BCUT2D eigenvalue weighted by Crippen LogP contribution is -2.30. The highest BCUT2D eigenvalue weighted by molar-refractivity contribution is 6.23. The van der Waals surface area contributed by atoms with E-state index in [9.17, 15) is 9.59 Å². The molecule has 0 atom stereocenters. The Morgan fingerprint density at radius 3 is 1.77 bits per heavy atom. The first kappa shape index (κ1) is 22.4. The molecule has 0 N–H and O–H groups in total. The van der Waals surface area contributed by atoms with E-state index in [-0.39, 0.29) is 11.1 Å². The second-order valence-corrected chi connectivity index (χ2v) is 10.0. The summed E-state index contributed by atoms with van der Waals surface area (Å²) in [6.07, 6.45) is 3.28. The Morgan fingerprint density at radius 1 is 0.600 bits per heavy atom. The van der Waals surface area contributed by atoms with Gasteiger partial charge in [0.05, 0.1) is 22.1 Å². The molecule has 188 valence electrons. The van der Waals surface area contributed by atoms with Crippen LogP contribution in [0, 0.1) is 0 Å². The molecular weight excluding hydrogens is 496 g/mol.